The van der Waals surface area contributed by atoms with Crippen molar-refractivity contribution < 1.29 is 4.74 Å². The van der Waals surface area contributed by atoms with Crippen molar-refractivity contribution in [3.63, 3.8) is 0 Å². The summed E-state index contributed by atoms with van der Waals surface area (Å²) in [6, 6.07) is 15.0. The number of ether oxygens (including phenoxy) is 1. The van der Waals surface area contributed by atoms with Crippen LogP contribution in [0.4, 0.5) is 5.69 Å². The van der Waals surface area contributed by atoms with E-state index in [1.54, 1.807) is 19.2 Å². The first kappa shape index (κ1) is 13.3. The molecule has 0 spiro atoms. The number of anilines is 1. The Hall–Kier alpha value is -2.18. The molecule has 19 heavy (non-hydrogen) atoms. The number of halogens is 1. The molecule has 0 saturated heterocycles. The van der Waals surface area contributed by atoms with Crippen LogP contribution in [-0.4, -0.2) is 7.11 Å². The van der Waals surface area contributed by atoms with Crippen LogP contribution in [0.3, 0.4) is 0 Å². The first-order chi connectivity index (χ1) is 9.22. The summed E-state index contributed by atoms with van der Waals surface area (Å²) in [5.41, 5.74) is 2.48. The van der Waals surface area contributed by atoms with Gasteiger partial charge in [0.25, 0.3) is 0 Å². The smallest absolute Gasteiger partial charge is 0.121 e. The molecular formula is C15H13ClN2O. The number of hydrogen-bond donors (Lipinski definition) is 1. The molecule has 0 aliphatic rings. The summed E-state index contributed by atoms with van der Waals surface area (Å²) in [5.74, 6) is 0.748. The van der Waals surface area contributed by atoms with Gasteiger partial charge in [-0.25, -0.2) is 0 Å². The lowest BCUT2D eigenvalue weighted by Crippen LogP contribution is -2.00. The zero-order valence-corrected chi connectivity index (χ0v) is 11.2. The highest BCUT2D eigenvalue weighted by atomic mass is 35.5. The van der Waals surface area contributed by atoms with Gasteiger partial charge in [-0.3, -0.25) is 0 Å². The summed E-state index contributed by atoms with van der Waals surface area (Å²) in [5, 5.41) is 12.7. The summed E-state index contributed by atoms with van der Waals surface area (Å²) in [4.78, 5) is 0. The number of rotatable bonds is 4. The second kappa shape index (κ2) is 6.12. The van der Waals surface area contributed by atoms with E-state index < -0.39 is 0 Å². The van der Waals surface area contributed by atoms with Crippen molar-refractivity contribution in [2.24, 2.45) is 0 Å². The van der Waals surface area contributed by atoms with E-state index in [0.29, 0.717) is 17.1 Å². The second-order valence-corrected chi connectivity index (χ2v) is 4.42. The molecule has 1 N–H and O–H groups in total. The fourth-order valence-corrected chi connectivity index (χ4v) is 1.90. The summed E-state index contributed by atoms with van der Waals surface area (Å²) >= 11 is 6.11. The molecule has 2 aromatic rings. The van der Waals surface area contributed by atoms with Gasteiger partial charge >= 0.3 is 0 Å². The second-order valence-electron chi connectivity index (χ2n) is 4.01. The lowest BCUT2D eigenvalue weighted by molar-refractivity contribution is 0.415. The van der Waals surface area contributed by atoms with Crippen molar-refractivity contribution in [3.8, 4) is 11.8 Å². The van der Waals surface area contributed by atoms with Gasteiger partial charge in [-0.1, -0.05) is 23.7 Å². The van der Waals surface area contributed by atoms with E-state index in [1.165, 1.54) is 0 Å². The Labute approximate surface area is 117 Å². The van der Waals surface area contributed by atoms with Crippen molar-refractivity contribution in [2.75, 3.05) is 12.4 Å². The van der Waals surface area contributed by atoms with Crippen molar-refractivity contribution in [1.29, 1.82) is 5.26 Å². The number of hydrogen-bond acceptors (Lipinski definition) is 3. The zero-order chi connectivity index (χ0) is 13.7. The Kier molecular flexibility index (Phi) is 4.27. The molecule has 0 bridgehead atoms. The van der Waals surface area contributed by atoms with E-state index in [-0.39, 0.29) is 0 Å². The summed E-state index contributed by atoms with van der Waals surface area (Å²) < 4.78 is 5.16. The number of nitrogens with one attached hydrogen (secondary N) is 1. The molecule has 0 aliphatic heterocycles. The van der Waals surface area contributed by atoms with Gasteiger partial charge in [0.2, 0.25) is 0 Å². The van der Waals surface area contributed by atoms with Gasteiger partial charge in [0, 0.05) is 12.6 Å². The van der Waals surface area contributed by atoms with Crippen LogP contribution in [-0.2, 0) is 6.54 Å². The minimum absolute atomic E-state index is 0.600. The van der Waals surface area contributed by atoms with Crippen LogP contribution in [0, 0.1) is 11.3 Å². The Morgan fingerprint density at radius 3 is 2.84 bits per heavy atom. The standard InChI is InChI=1S/C15H13ClN2O/c1-19-13-5-6-14(16)15(8-13)18-10-12-4-2-3-11(7-12)9-17/h2-8,18H,10H2,1H3. The van der Waals surface area contributed by atoms with Crippen molar-refractivity contribution in [2.45, 2.75) is 6.54 Å². The van der Waals surface area contributed by atoms with Crippen molar-refractivity contribution >= 4 is 17.3 Å². The molecule has 0 aliphatic carbocycles. The third-order valence-electron chi connectivity index (χ3n) is 2.71. The molecule has 0 radical (unpaired) electrons. The average Bonchev–Trinajstić information content (AvgIpc) is 2.46. The van der Waals surface area contributed by atoms with Crippen LogP contribution in [0.1, 0.15) is 11.1 Å². The fraction of sp³-hybridized carbons (Fsp3) is 0.133. The molecule has 0 amide bonds. The highest BCUT2D eigenvalue weighted by Gasteiger charge is 2.02. The molecule has 96 valence electrons. The Morgan fingerprint density at radius 1 is 1.26 bits per heavy atom. The van der Waals surface area contributed by atoms with Gasteiger partial charge in [0.1, 0.15) is 5.75 Å². The maximum Gasteiger partial charge on any atom is 0.121 e. The van der Waals surface area contributed by atoms with Crippen LogP contribution < -0.4 is 10.1 Å². The van der Waals surface area contributed by atoms with E-state index in [0.717, 1.165) is 17.0 Å². The van der Waals surface area contributed by atoms with Crippen LogP contribution in [0.25, 0.3) is 0 Å². The predicted molar refractivity (Wildman–Crippen MR) is 76.5 cm³/mol. The quantitative estimate of drug-likeness (QED) is 0.920. The number of nitrogens with zero attached hydrogens (tertiary/aromatic N) is 1. The average molecular weight is 273 g/mol. The van der Waals surface area contributed by atoms with Gasteiger partial charge in [0.05, 0.1) is 29.5 Å². The normalized spacial score (nSPS) is 9.74. The number of methoxy groups -OCH3 is 1. The van der Waals surface area contributed by atoms with Crippen LogP contribution >= 0.6 is 11.6 Å². The first-order valence-electron chi connectivity index (χ1n) is 5.79. The lowest BCUT2D eigenvalue weighted by Gasteiger charge is -2.10. The summed E-state index contributed by atoms with van der Waals surface area (Å²) in [7, 11) is 1.61. The van der Waals surface area contributed by atoms with Gasteiger partial charge in [0.15, 0.2) is 0 Å². The Bertz CT molecular complexity index is 620. The van der Waals surface area contributed by atoms with Gasteiger partial charge in [-0.15, -0.1) is 0 Å². The maximum absolute atomic E-state index is 8.85. The van der Waals surface area contributed by atoms with E-state index in [9.17, 15) is 0 Å². The maximum atomic E-state index is 8.85. The zero-order valence-electron chi connectivity index (χ0n) is 10.5. The molecule has 2 rings (SSSR count). The van der Waals surface area contributed by atoms with Gasteiger partial charge in [-0.05, 0) is 29.8 Å². The number of benzene rings is 2. The van der Waals surface area contributed by atoms with Crippen LogP contribution in [0.15, 0.2) is 42.5 Å². The Balaban J connectivity index is 2.12. The molecular weight excluding hydrogens is 260 g/mol. The minimum Gasteiger partial charge on any atom is -0.497 e. The molecule has 0 atom stereocenters. The summed E-state index contributed by atoms with van der Waals surface area (Å²) in [6.45, 7) is 0.600. The lowest BCUT2D eigenvalue weighted by atomic mass is 10.1. The SMILES string of the molecule is COc1ccc(Cl)c(NCc2cccc(C#N)c2)c1. The highest BCUT2D eigenvalue weighted by Crippen LogP contribution is 2.27. The molecule has 0 unspecified atom stereocenters. The highest BCUT2D eigenvalue weighted by molar-refractivity contribution is 6.33. The van der Waals surface area contributed by atoms with E-state index >= 15 is 0 Å². The predicted octanol–water partition coefficient (Wildman–Crippen LogP) is 3.83. The molecule has 0 aromatic heterocycles. The third-order valence-corrected chi connectivity index (χ3v) is 3.04. The fourth-order valence-electron chi connectivity index (χ4n) is 1.71. The first-order valence-corrected chi connectivity index (χ1v) is 6.17. The molecule has 0 heterocycles. The van der Waals surface area contributed by atoms with Crippen LogP contribution in [0.2, 0.25) is 5.02 Å². The molecule has 3 nitrogen and oxygen atoms in total. The Morgan fingerprint density at radius 2 is 2.11 bits per heavy atom. The largest absolute Gasteiger partial charge is 0.497 e. The number of nitriles is 1. The minimum atomic E-state index is 0.600. The van der Waals surface area contributed by atoms with Gasteiger partial charge < -0.3 is 10.1 Å². The topological polar surface area (TPSA) is 45.0 Å². The van der Waals surface area contributed by atoms with E-state index in [2.05, 4.69) is 11.4 Å². The third kappa shape index (κ3) is 3.40. The van der Waals surface area contributed by atoms with Crippen molar-refractivity contribution in [1.82, 2.24) is 0 Å². The van der Waals surface area contributed by atoms with E-state index in [1.807, 2.05) is 30.3 Å². The monoisotopic (exact) mass is 272 g/mol. The molecule has 2 aromatic carbocycles. The van der Waals surface area contributed by atoms with Crippen molar-refractivity contribution in [3.05, 3.63) is 58.6 Å². The molecule has 0 saturated carbocycles. The van der Waals surface area contributed by atoms with E-state index in [4.69, 9.17) is 21.6 Å². The molecule has 4 heteroatoms. The molecule has 0 fully saturated rings. The van der Waals surface area contributed by atoms with Gasteiger partial charge in [-0.2, -0.15) is 5.26 Å². The van der Waals surface area contributed by atoms with Crippen LogP contribution in [0.5, 0.6) is 5.75 Å². The summed E-state index contributed by atoms with van der Waals surface area (Å²) in [6.07, 6.45) is 0.